The topological polar surface area (TPSA) is 49.4 Å². The molecule has 0 aliphatic rings. The molecule has 1 N–H and O–H groups in total. The van der Waals surface area contributed by atoms with E-state index in [1.54, 1.807) is 0 Å². The van der Waals surface area contributed by atoms with Crippen molar-refractivity contribution in [3.8, 4) is 0 Å². The molecule has 0 bridgehead atoms. The minimum absolute atomic E-state index is 0.0688. The average molecular weight is 162 g/mol. The number of amides is 2. The lowest BCUT2D eigenvalue weighted by Gasteiger charge is -2.13. The second-order valence-corrected chi connectivity index (χ2v) is 2.00. The van der Waals surface area contributed by atoms with Gasteiger partial charge in [0, 0.05) is 13.6 Å². The lowest BCUT2D eigenvalue weighted by atomic mass is 10.5. The maximum atomic E-state index is 11.6. The van der Waals surface area contributed by atoms with E-state index in [0.29, 0.717) is 6.41 Å². The molecule has 2 amide bonds. The van der Waals surface area contributed by atoms with Gasteiger partial charge in [-0.1, -0.05) is 0 Å². The molecule has 11 heavy (non-hydrogen) atoms. The van der Waals surface area contributed by atoms with Crippen molar-refractivity contribution in [3.05, 3.63) is 0 Å². The number of halogens is 1. The lowest BCUT2D eigenvalue weighted by molar-refractivity contribution is -0.130. The van der Waals surface area contributed by atoms with Crippen molar-refractivity contribution in [2.45, 2.75) is 0 Å². The number of carbonyl (C=O) groups excluding carboxylic acids is 2. The van der Waals surface area contributed by atoms with E-state index in [0.717, 1.165) is 0 Å². The average Bonchev–Trinajstić information content (AvgIpc) is 2.00. The third-order valence-corrected chi connectivity index (χ3v) is 1.18. The zero-order valence-corrected chi connectivity index (χ0v) is 6.34. The quantitative estimate of drug-likeness (QED) is 0.536. The van der Waals surface area contributed by atoms with Crippen molar-refractivity contribution in [3.63, 3.8) is 0 Å². The Hall–Kier alpha value is -1.13. The van der Waals surface area contributed by atoms with Crippen molar-refractivity contribution in [2.75, 3.05) is 26.8 Å². The van der Waals surface area contributed by atoms with Crippen LogP contribution in [0.2, 0.25) is 0 Å². The van der Waals surface area contributed by atoms with Crippen LogP contribution in [0.25, 0.3) is 0 Å². The summed E-state index contributed by atoms with van der Waals surface area (Å²) in [6.07, 6.45) is 0.432. The molecular weight excluding hydrogens is 151 g/mol. The van der Waals surface area contributed by atoms with Gasteiger partial charge in [-0.05, 0) is 0 Å². The summed E-state index contributed by atoms with van der Waals surface area (Å²) in [6, 6.07) is 0. The van der Waals surface area contributed by atoms with Gasteiger partial charge in [-0.3, -0.25) is 9.59 Å². The van der Waals surface area contributed by atoms with Crippen LogP contribution in [0.1, 0.15) is 0 Å². The highest BCUT2D eigenvalue weighted by atomic mass is 19.1. The molecule has 64 valence electrons. The fraction of sp³-hybridized carbons (Fsp3) is 0.667. The van der Waals surface area contributed by atoms with Crippen LogP contribution in [-0.4, -0.2) is 44.0 Å². The van der Waals surface area contributed by atoms with Gasteiger partial charge in [0.15, 0.2) is 0 Å². The summed E-state index contributed by atoms with van der Waals surface area (Å²) < 4.78 is 11.6. The Labute approximate surface area is 64.4 Å². The lowest BCUT2D eigenvalue weighted by Crippen LogP contribution is -2.36. The third kappa shape index (κ3) is 4.30. The summed E-state index contributed by atoms with van der Waals surface area (Å²) in [5.41, 5.74) is 0. The summed E-state index contributed by atoms with van der Waals surface area (Å²) in [6.45, 7) is -0.567. The van der Waals surface area contributed by atoms with E-state index < -0.39 is 6.67 Å². The van der Waals surface area contributed by atoms with Gasteiger partial charge >= 0.3 is 0 Å². The van der Waals surface area contributed by atoms with Crippen LogP contribution in [0, 0.1) is 0 Å². The Bertz CT molecular complexity index is 141. The molecule has 0 aromatic carbocycles. The van der Waals surface area contributed by atoms with Crippen LogP contribution in [-0.2, 0) is 9.59 Å². The number of hydrogen-bond donors (Lipinski definition) is 1. The van der Waals surface area contributed by atoms with Gasteiger partial charge in [-0.25, -0.2) is 4.39 Å². The highest BCUT2D eigenvalue weighted by Crippen LogP contribution is 1.82. The Morgan fingerprint density at radius 3 is 2.82 bits per heavy atom. The van der Waals surface area contributed by atoms with Gasteiger partial charge in [-0.2, -0.15) is 0 Å². The SMILES string of the molecule is CN(CCF)C(=O)CNC=O. The monoisotopic (exact) mass is 162 g/mol. The predicted octanol–water partition coefficient (Wildman–Crippen LogP) is -0.840. The summed E-state index contributed by atoms with van der Waals surface area (Å²) in [7, 11) is 1.48. The summed E-state index contributed by atoms with van der Waals surface area (Å²) in [4.78, 5) is 21.8. The first kappa shape index (κ1) is 9.87. The van der Waals surface area contributed by atoms with Crippen LogP contribution >= 0.6 is 0 Å². The maximum Gasteiger partial charge on any atom is 0.241 e. The first-order valence-electron chi connectivity index (χ1n) is 3.19. The maximum absolute atomic E-state index is 11.6. The number of carbonyl (C=O) groups is 2. The van der Waals surface area contributed by atoms with Crippen LogP contribution in [0.5, 0.6) is 0 Å². The van der Waals surface area contributed by atoms with Crippen LogP contribution in [0.3, 0.4) is 0 Å². The first-order chi connectivity index (χ1) is 5.22. The predicted molar refractivity (Wildman–Crippen MR) is 37.7 cm³/mol. The number of nitrogens with one attached hydrogen (secondary N) is 1. The Balaban J connectivity index is 3.54. The molecule has 5 heteroatoms. The van der Waals surface area contributed by atoms with Crippen LogP contribution in [0.4, 0.5) is 4.39 Å². The molecule has 0 spiro atoms. The summed E-state index contributed by atoms with van der Waals surface area (Å²) in [5.74, 6) is -0.297. The largest absolute Gasteiger partial charge is 0.350 e. The van der Waals surface area contributed by atoms with Crippen molar-refractivity contribution < 1.29 is 14.0 Å². The molecule has 0 saturated heterocycles. The number of hydrogen-bond acceptors (Lipinski definition) is 2. The highest BCUT2D eigenvalue weighted by Gasteiger charge is 2.05. The van der Waals surface area contributed by atoms with E-state index in [2.05, 4.69) is 5.32 Å². The highest BCUT2D eigenvalue weighted by molar-refractivity contribution is 5.79. The smallest absolute Gasteiger partial charge is 0.241 e. The molecule has 0 aromatic heterocycles. The van der Waals surface area contributed by atoms with Gasteiger partial charge < -0.3 is 10.2 Å². The molecule has 0 aromatic rings. The Kier molecular flexibility index (Phi) is 5.06. The van der Waals surface area contributed by atoms with Crippen molar-refractivity contribution >= 4 is 12.3 Å². The van der Waals surface area contributed by atoms with E-state index in [1.807, 2.05) is 0 Å². The van der Waals surface area contributed by atoms with Gasteiger partial charge in [-0.15, -0.1) is 0 Å². The molecule has 0 aliphatic carbocycles. The fourth-order valence-corrected chi connectivity index (χ4v) is 0.515. The minimum atomic E-state index is -0.566. The Morgan fingerprint density at radius 2 is 2.36 bits per heavy atom. The van der Waals surface area contributed by atoms with E-state index in [1.165, 1.54) is 11.9 Å². The van der Waals surface area contributed by atoms with Gasteiger partial charge in [0.25, 0.3) is 0 Å². The van der Waals surface area contributed by atoms with E-state index in [9.17, 15) is 14.0 Å². The van der Waals surface area contributed by atoms with Crippen molar-refractivity contribution in [1.82, 2.24) is 10.2 Å². The first-order valence-corrected chi connectivity index (χ1v) is 3.19. The number of alkyl halides is 1. The van der Waals surface area contributed by atoms with E-state index >= 15 is 0 Å². The minimum Gasteiger partial charge on any atom is -0.350 e. The fourth-order valence-electron chi connectivity index (χ4n) is 0.515. The standard InChI is InChI=1S/C6H11FN2O2/c1-9(3-2-7)6(11)4-8-5-10/h5H,2-4H2,1H3,(H,8,10). The van der Waals surface area contributed by atoms with E-state index in [-0.39, 0.29) is 19.0 Å². The van der Waals surface area contributed by atoms with Crippen LogP contribution in [0.15, 0.2) is 0 Å². The third-order valence-electron chi connectivity index (χ3n) is 1.18. The van der Waals surface area contributed by atoms with Crippen LogP contribution < -0.4 is 5.32 Å². The second-order valence-electron chi connectivity index (χ2n) is 2.00. The molecule has 4 nitrogen and oxygen atoms in total. The van der Waals surface area contributed by atoms with Gasteiger partial charge in [0.05, 0.1) is 6.54 Å². The molecule has 0 atom stereocenters. The molecule has 0 unspecified atom stereocenters. The van der Waals surface area contributed by atoms with E-state index in [4.69, 9.17) is 0 Å². The molecule has 0 aliphatic heterocycles. The van der Waals surface area contributed by atoms with Gasteiger partial charge in [0.2, 0.25) is 12.3 Å². The molecular formula is C6H11FN2O2. The zero-order chi connectivity index (χ0) is 8.69. The number of likely N-dealkylation sites (N-methyl/N-ethyl adjacent to an activating group) is 1. The number of rotatable bonds is 5. The van der Waals surface area contributed by atoms with Crippen molar-refractivity contribution in [2.24, 2.45) is 0 Å². The summed E-state index contributed by atoms with van der Waals surface area (Å²) >= 11 is 0. The molecule has 0 saturated carbocycles. The second kappa shape index (κ2) is 5.64. The zero-order valence-electron chi connectivity index (χ0n) is 6.34. The Morgan fingerprint density at radius 1 is 1.73 bits per heavy atom. The molecule has 0 rings (SSSR count). The molecule has 0 fully saturated rings. The van der Waals surface area contributed by atoms with Gasteiger partial charge in [0.1, 0.15) is 6.67 Å². The summed E-state index contributed by atoms with van der Waals surface area (Å²) in [5, 5.41) is 2.19. The molecule has 0 radical (unpaired) electrons. The van der Waals surface area contributed by atoms with Crippen molar-refractivity contribution in [1.29, 1.82) is 0 Å². The number of nitrogens with zero attached hydrogens (tertiary/aromatic N) is 1. The molecule has 0 heterocycles. The normalized spacial score (nSPS) is 8.91.